The van der Waals surface area contributed by atoms with Crippen LogP contribution in [0.4, 0.5) is 10.1 Å². The molecule has 6 heteroatoms. The molecule has 0 unspecified atom stereocenters. The van der Waals surface area contributed by atoms with Gasteiger partial charge in [0.2, 0.25) is 5.91 Å². The van der Waals surface area contributed by atoms with Gasteiger partial charge in [0.15, 0.2) is 0 Å². The number of rotatable bonds is 8. The lowest BCUT2D eigenvalue weighted by atomic mass is 10.1. The molecule has 0 aromatic heterocycles. The van der Waals surface area contributed by atoms with Gasteiger partial charge in [-0.3, -0.25) is 9.59 Å². The van der Waals surface area contributed by atoms with Crippen LogP contribution in [0, 0.1) is 5.82 Å². The van der Waals surface area contributed by atoms with E-state index in [-0.39, 0.29) is 23.4 Å². The second-order valence-corrected chi connectivity index (χ2v) is 7.88. The molecule has 0 fully saturated rings. The second-order valence-electron chi connectivity index (χ2n) is 6.89. The first kappa shape index (κ1) is 21.6. The predicted octanol–water partition coefficient (Wildman–Crippen LogP) is 4.97. The van der Waals surface area contributed by atoms with Gasteiger partial charge in [0.25, 0.3) is 5.91 Å². The average Bonchev–Trinajstić information content (AvgIpc) is 2.76. The summed E-state index contributed by atoms with van der Waals surface area (Å²) in [5, 5.41) is 2.74. The van der Waals surface area contributed by atoms with Crippen LogP contribution in [0.15, 0.2) is 78.9 Å². The monoisotopic (exact) mass is 422 g/mol. The summed E-state index contributed by atoms with van der Waals surface area (Å²) in [4.78, 5) is 26.3. The van der Waals surface area contributed by atoms with Crippen LogP contribution >= 0.6 is 11.8 Å². The molecule has 0 saturated heterocycles. The fourth-order valence-electron chi connectivity index (χ4n) is 2.88. The third-order valence-electron chi connectivity index (χ3n) is 4.44. The molecule has 1 N–H and O–H groups in total. The summed E-state index contributed by atoms with van der Waals surface area (Å²) >= 11 is 1.48. The van der Waals surface area contributed by atoms with Crippen LogP contribution in [-0.2, 0) is 17.1 Å². The fraction of sp³-hybridized carbons (Fsp3) is 0.167. The molecule has 0 atom stereocenters. The smallest absolute Gasteiger partial charge is 0.253 e. The maximum Gasteiger partial charge on any atom is 0.253 e. The third-order valence-corrected chi connectivity index (χ3v) is 5.44. The Morgan fingerprint density at radius 1 is 0.900 bits per heavy atom. The quantitative estimate of drug-likeness (QED) is 0.558. The molecule has 0 saturated carbocycles. The van der Waals surface area contributed by atoms with Crippen molar-refractivity contribution in [2.75, 3.05) is 18.1 Å². The van der Waals surface area contributed by atoms with Crippen LogP contribution in [0.25, 0.3) is 0 Å². The molecule has 2 amide bonds. The molecular weight excluding hydrogens is 399 g/mol. The van der Waals surface area contributed by atoms with Crippen LogP contribution in [0.2, 0.25) is 0 Å². The standard InChI is InChI=1S/C24H23FN2O2S/c1-27(15-18-5-3-2-4-6-18)24(29)20-9-7-19(8-10-20)16-30-17-23(28)26-22-13-11-21(25)12-14-22/h2-14H,15-17H2,1H3,(H,26,28). The van der Waals surface area contributed by atoms with E-state index in [1.54, 1.807) is 11.9 Å². The first-order chi connectivity index (χ1) is 14.5. The van der Waals surface area contributed by atoms with Crippen LogP contribution in [-0.4, -0.2) is 29.5 Å². The van der Waals surface area contributed by atoms with Gasteiger partial charge in [-0.15, -0.1) is 11.8 Å². The summed E-state index contributed by atoms with van der Waals surface area (Å²) in [5.74, 6) is 0.441. The molecule has 3 rings (SSSR count). The van der Waals surface area contributed by atoms with Crippen molar-refractivity contribution in [3.8, 4) is 0 Å². The van der Waals surface area contributed by atoms with E-state index in [0.717, 1.165) is 11.1 Å². The average molecular weight is 423 g/mol. The number of amides is 2. The lowest BCUT2D eigenvalue weighted by Gasteiger charge is -2.17. The Balaban J connectivity index is 1.45. The summed E-state index contributed by atoms with van der Waals surface area (Å²) in [5.41, 5.74) is 3.33. The fourth-order valence-corrected chi connectivity index (χ4v) is 3.67. The molecule has 0 bridgehead atoms. The number of carbonyl (C=O) groups is 2. The summed E-state index contributed by atoms with van der Waals surface area (Å²) < 4.78 is 12.9. The number of hydrogen-bond donors (Lipinski definition) is 1. The zero-order chi connectivity index (χ0) is 21.3. The highest BCUT2D eigenvalue weighted by Crippen LogP contribution is 2.16. The number of nitrogens with zero attached hydrogens (tertiary/aromatic N) is 1. The Labute approximate surface area is 180 Å². The minimum Gasteiger partial charge on any atom is -0.337 e. The van der Waals surface area contributed by atoms with E-state index in [1.165, 1.54) is 36.0 Å². The van der Waals surface area contributed by atoms with Gasteiger partial charge in [0, 0.05) is 30.6 Å². The predicted molar refractivity (Wildman–Crippen MR) is 120 cm³/mol. The number of nitrogens with one attached hydrogen (secondary N) is 1. The van der Waals surface area contributed by atoms with Gasteiger partial charge in [-0.25, -0.2) is 4.39 Å². The van der Waals surface area contributed by atoms with E-state index in [1.807, 2.05) is 54.6 Å². The van der Waals surface area contributed by atoms with Crippen molar-refractivity contribution < 1.29 is 14.0 Å². The van der Waals surface area contributed by atoms with E-state index < -0.39 is 0 Å². The van der Waals surface area contributed by atoms with E-state index in [9.17, 15) is 14.0 Å². The molecule has 154 valence electrons. The maximum atomic E-state index is 12.9. The van der Waals surface area contributed by atoms with E-state index in [2.05, 4.69) is 5.32 Å². The molecule has 30 heavy (non-hydrogen) atoms. The Morgan fingerprint density at radius 3 is 2.23 bits per heavy atom. The molecule has 0 aliphatic rings. The minimum absolute atomic E-state index is 0.0308. The number of anilines is 1. The lowest BCUT2D eigenvalue weighted by Crippen LogP contribution is -2.26. The molecule has 3 aromatic rings. The van der Waals surface area contributed by atoms with Gasteiger partial charge in [-0.05, 0) is 47.5 Å². The van der Waals surface area contributed by atoms with Crippen molar-refractivity contribution in [1.82, 2.24) is 4.90 Å². The minimum atomic E-state index is -0.337. The third kappa shape index (κ3) is 6.46. The number of carbonyl (C=O) groups excluding carboxylic acids is 2. The van der Waals surface area contributed by atoms with Gasteiger partial charge in [0.1, 0.15) is 5.82 Å². The van der Waals surface area contributed by atoms with Crippen molar-refractivity contribution in [2.24, 2.45) is 0 Å². The zero-order valence-electron chi connectivity index (χ0n) is 16.7. The van der Waals surface area contributed by atoms with Crippen molar-refractivity contribution in [2.45, 2.75) is 12.3 Å². The second kappa shape index (κ2) is 10.6. The highest BCUT2D eigenvalue weighted by atomic mass is 32.2. The first-order valence-electron chi connectivity index (χ1n) is 9.53. The largest absolute Gasteiger partial charge is 0.337 e. The highest BCUT2D eigenvalue weighted by Gasteiger charge is 2.12. The SMILES string of the molecule is CN(Cc1ccccc1)C(=O)c1ccc(CSCC(=O)Nc2ccc(F)cc2)cc1. The number of thioether (sulfide) groups is 1. The molecule has 0 radical (unpaired) electrons. The Kier molecular flexibility index (Phi) is 7.63. The summed E-state index contributed by atoms with van der Waals surface area (Å²) in [6, 6.07) is 23.0. The first-order valence-corrected chi connectivity index (χ1v) is 10.7. The highest BCUT2D eigenvalue weighted by molar-refractivity contribution is 7.99. The van der Waals surface area contributed by atoms with Gasteiger partial charge in [-0.1, -0.05) is 42.5 Å². The summed E-state index contributed by atoms with van der Waals surface area (Å²) in [6.07, 6.45) is 0. The molecule has 3 aromatic carbocycles. The maximum absolute atomic E-state index is 12.9. The summed E-state index contributed by atoms with van der Waals surface area (Å²) in [7, 11) is 1.79. The topological polar surface area (TPSA) is 49.4 Å². The van der Waals surface area contributed by atoms with Gasteiger partial charge < -0.3 is 10.2 Å². The van der Waals surface area contributed by atoms with E-state index in [0.29, 0.717) is 23.5 Å². The van der Waals surface area contributed by atoms with Crippen LogP contribution in [0.1, 0.15) is 21.5 Å². The molecule has 0 aliphatic heterocycles. The van der Waals surface area contributed by atoms with Gasteiger partial charge in [0.05, 0.1) is 5.75 Å². The number of hydrogen-bond acceptors (Lipinski definition) is 3. The molecule has 0 aliphatic carbocycles. The number of halogens is 1. The van der Waals surface area contributed by atoms with E-state index in [4.69, 9.17) is 0 Å². The van der Waals surface area contributed by atoms with Crippen molar-refractivity contribution in [3.63, 3.8) is 0 Å². The van der Waals surface area contributed by atoms with Crippen LogP contribution < -0.4 is 5.32 Å². The zero-order valence-corrected chi connectivity index (χ0v) is 17.5. The molecule has 0 spiro atoms. The molecular formula is C24H23FN2O2S. The molecule has 0 heterocycles. The van der Waals surface area contributed by atoms with Crippen molar-refractivity contribution in [1.29, 1.82) is 0 Å². The van der Waals surface area contributed by atoms with Crippen molar-refractivity contribution in [3.05, 3.63) is 101 Å². The van der Waals surface area contributed by atoms with Crippen molar-refractivity contribution >= 4 is 29.3 Å². The van der Waals surface area contributed by atoms with Crippen LogP contribution in [0.3, 0.4) is 0 Å². The summed E-state index contributed by atoms with van der Waals surface area (Å²) in [6.45, 7) is 0.556. The lowest BCUT2D eigenvalue weighted by molar-refractivity contribution is -0.113. The van der Waals surface area contributed by atoms with Crippen LogP contribution in [0.5, 0.6) is 0 Å². The van der Waals surface area contributed by atoms with Gasteiger partial charge >= 0.3 is 0 Å². The Bertz CT molecular complexity index is 976. The van der Waals surface area contributed by atoms with E-state index >= 15 is 0 Å². The molecule has 4 nitrogen and oxygen atoms in total. The number of benzene rings is 3. The normalized spacial score (nSPS) is 10.5. The van der Waals surface area contributed by atoms with Gasteiger partial charge in [-0.2, -0.15) is 0 Å². The Morgan fingerprint density at radius 2 is 1.57 bits per heavy atom. The Hall–Kier alpha value is -3.12.